The van der Waals surface area contributed by atoms with Crippen LogP contribution in [0.5, 0.6) is 0 Å². The number of amides is 1. The summed E-state index contributed by atoms with van der Waals surface area (Å²) < 4.78 is 10.8. The first-order chi connectivity index (χ1) is 8.94. The predicted molar refractivity (Wildman–Crippen MR) is 73.2 cm³/mol. The summed E-state index contributed by atoms with van der Waals surface area (Å²) >= 11 is 0. The zero-order valence-electron chi connectivity index (χ0n) is 12.3. The Morgan fingerprint density at radius 1 is 1.32 bits per heavy atom. The quantitative estimate of drug-likeness (QED) is 0.831. The molecule has 2 aliphatic rings. The fourth-order valence-corrected chi connectivity index (χ4v) is 2.60. The highest BCUT2D eigenvalue weighted by molar-refractivity contribution is 5.68. The minimum atomic E-state index is -0.420. The Morgan fingerprint density at radius 2 is 2.11 bits per heavy atom. The molecule has 2 heterocycles. The van der Waals surface area contributed by atoms with E-state index in [1.54, 1.807) is 0 Å². The molecule has 5 nitrogen and oxygen atoms in total. The maximum absolute atomic E-state index is 12.0. The van der Waals surface area contributed by atoms with E-state index >= 15 is 0 Å². The summed E-state index contributed by atoms with van der Waals surface area (Å²) in [5.74, 6) is 0. The van der Waals surface area contributed by atoms with E-state index in [0.717, 1.165) is 45.6 Å². The largest absolute Gasteiger partial charge is 0.444 e. The van der Waals surface area contributed by atoms with Crippen LogP contribution in [0, 0.1) is 0 Å². The van der Waals surface area contributed by atoms with Crippen molar-refractivity contribution in [1.82, 2.24) is 10.2 Å². The number of hydrogen-bond donors (Lipinski definition) is 1. The Bertz CT molecular complexity index is 308. The number of nitrogens with zero attached hydrogens (tertiary/aromatic N) is 1. The van der Waals surface area contributed by atoms with E-state index in [4.69, 9.17) is 9.47 Å². The number of piperidine rings is 1. The molecule has 0 aromatic rings. The smallest absolute Gasteiger partial charge is 0.410 e. The summed E-state index contributed by atoms with van der Waals surface area (Å²) in [4.78, 5) is 13.9. The van der Waals surface area contributed by atoms with Gasteiger partial charge in [-0.3, -0.25) is 0 Å². The van der Waals surface area contributed by atoms with E-state index in [0.29, 0.717) is 12.1 Å². The molecular weight excluding hydrogens is 244 g/mol. The van der Waals surface area contributed by atoms with Crippen LogP contribution in [-0.4, -0.2) is 55.0 Å². The number of rotatable bonds is 2. The van der Waals surface area contributed by atoms with Crippen LogP contribution in [0.4, 0.5) is 4.79 Å². The maximum Gasteiger partial charge on any atom is 0.410 e. The number of ether oxygens (including phenoxy) is 2. The molecule has 2 fully saturated rings. The molecule has 2 atom stereocenters. The van der Waals surface area contributed by atoms with Crippen LogP contribution in [0.1, 0.15) is 40.0 Å². The Labute approximate surface area is 115 Å². The van der Waals surface area contributed by atoms with E-state index in [1.165, 1.54) is 0 Å². The predicted octanol–water partition coefficient (Wildman–Crippen LogP) is 1.76. The van der Waals surface area contributed by atoms with Crippen molar-refractivity contribution in [3.8, 4) is 0 Å². The van der Waals surface area contributed by atoms with Crippen LogP contribution in [0.3, 0.4) is 0 Å². The van der Waals surface area contributed by atoms with Gasteiger partial charge in [-0.25, -0.2) is 4.79 Å². The highest BCUT2D eigenvalue weighted by Crippen LogP contribution is 2.16. The van der Waals surface area contributed by atoms with E-state index in [-0.39, 0.29) is 6.09 Å². The fourth-order valence-electron chi connectivity index (χ4n) is 2.60. The molecule has 0 radical (unpaired) electrons. The van der Waals surface area contributed by atoms with Gasteiger partial charge in [0.2, 0.25) is 0 Å². The fraction of sp³-hybridized carbons (Fsp3) is 0.929. The summed E-state index contributed by atoms with van der Waals surface area (Å²) in [6.45, 7) is 8.89. The molecule has 19 heavy (non-hydrogen) atoms. The number of likely N-dealkylation sites (tertiary alicyclic amines) is 1. The SMILES string of the molecule is CC(C)(C)OC(=O)N1CCC[C@H](NC2CCOC2)C1. The normalized spacial score (nSPS) is 28.5. The third-order valence-electron chi connectivity index (χ3n) is 3.47. The Hall–Kier alpha value is -0.810. The van der Waals surface area contributed by atoms with Crippen LogP contribution < -0.4 is 5.32 Å². The lowest BCUT2D eigenvalue weighted by Gasteiger charge is -2.35. The first-order valence-electron chi connectivity index (χ1n) is 7.26. The lowest BCUT2D eigenvalue weighted by atomic mass is 10.0. The van der Waals surface area contributed by atoms with Crippen LogP contribution in [0.15, 0.2) is 0 Å². The average molecular weight is 270 g/mol. The summed E-state index contributed by atoms with van der Waals surface area (Å²) in [6, 6.07) is 0.816. The van der Waals surface area contributed by atoms with Crippen molar-refractivity contribution in [2.45, 2.75) is 57.7 Å². The molecule has 1 unspecified atom stereocenters. The highest BCUT2D eigenvalue weighted by Gasteiger charge is 2.29. The molecule has 2 rings (SSSR count). The van der Waals surface area contributed by atoms with Crippen molar-refractivity contribution in [1.29, 1.82) is 0 Å². The van der Waals surface area contributed by atoms with Crippen LogP contribution in [-0.2, 0) is 9.47 Å². The molecule has 1 amide bonds. The molecule has 0 aromatic heterocycles. The number of hydrogen-bond acceptors (Lipinski definition) is 4. The second-order valence-corrected chi connectivity index (χ2v) is 6.49. The van der Waals surface area contributed by atoms with Gasteiger partial charge in [0.1, 0.15) is 5.60 Å². The third-order valence-corrected chi connectivity index (χ3v) is 3.47. The van der Waals surface area contributed by atoms with E-state index in [1.807, 2.05) is 25.7 Å². The molecule has 2 saturated heterocycles. The van der Waals surface area contributed by atoms with Crippen molar-refractivity contribution in [3.05, 3.63) is 0 Å². The second-order valence-electron chi connectivity index (χ2n) is 6.49. The van der Waals surface area contributed by atoms with Crippen molar-refractivity contribution in [2.24, 2.45) is 0 Å². The van der Waals surface area contributed by atoms with Gasteiger partial charge in [-0.05, 0) is 40.0 Å². The van der Waals surface area contributed by atoms with Gasteiger partial charge in [-0.15, -0.1) is 0 Å². The molecule has 110 valence electrons. The van der Waals surface area contributed by atoms with Gasteiger partial charge in [-0.1, -0.05) is 0 Å². The lowest BCUT2D eigenvalue weighted by molar-refractivity contribution is 0.0183. The third kappa shape index (κ3) is 4.66. The molecule has 2 aliphatic heterocycles. The van der Waals surface area contributed by atoms with Crippen LogP contribution in [0.2, 0.25) is 0 Å². The minimum Gasteiger partial charge on any atom is -0.444 e. The van der Waals surface area contributed by atoms with E-state index in [9.17, 15) is 4.79 Å². The second kappa shape index (κ2) is 6.09. The summed E-state index contributed by atoms with van der Waals surface area (Å²) in [5.41, 5.74) is -0.420. The van der Waals surface area contributed by atoms with E-state index < -0.39 is 5.60 Å². The van der Waals surface area contributed by atoms with Gasteiger partial charge in [0, 0.05) is 31.8 Å². The first-order valence-corrected chi connectivity index (χ1v) is 7.26. The van der Waals surface area contributed by atoms with E-state index in [2.05, 4.69) is 5.32 Å². The van der Waals surface area contributed by atoms with Crippen molar-refractivity contribution >= 4 is 6.09 Å². The molecular formula is C14H26N2O3. The van der Waals surface area contributed by atoms with Gasteiger partial charge in [0.15, 0.2) is 0 Å². The summed E-state index contributed by atoms with van der Waals surface area (Å²) in [5, 5.41) is 3.59. The summed E-state index contributed by atoms with van der Waals surface area (Å²) in [6.07, 6.45) is 3.03. The van der Waals surface area contributed by atoms with Gasteiger partial charge < -0.3 is 19.7 Å². The molecule has 5 heteroatoms. The molecule has 0 bridgehead atoms. The zero-order valence-corrected chi connectivity index (χ0v) is 12.3. The molecule has 0 spiro atoms. The molecule has 0 aliphatic carbocycles. The molecule has 1 N–H and O–H groups in total. The lowest BCUT2D eigenvalue weighted by Crippen LogP contribution is -2.51. The molecule has 0 aromatic carbocycles. The number of nitrogens with one attached hydrogen (secondary N) is 1. The van der Waals surface area contributed by atoms with Crippen LogP contribution in [0.25, 0.3) is 0 Å². The van der Waals surface area contributed by atoms with Crippen LogP contribution >= 0.6 is 0 Å². The number of carbonyl (C=O) groups is 1. The first kappa shape index (κ1) is 14.6. The van der Waals surface area contributed by atoms with Gasteiger partial charge in [0.05, 0.1) is 6.61 Å². The topological polar surface area (TPSA) is 50.8 Å². The average Bonchev–Trinajstić information content (AvgIpc) is 2.80. The van der Waals surface area contributed by atoms with Crippen molar-refractivity contribution < 1.29 is 14.3 Å². The summed E-state index contributed by atoms with van der Waals surface area (Å²) in [7, 11) is 0. The van der Waals surface area contributed by atoms with Gasteiger partial charge >= 0.3 is 6.09 Å². The number of carbonyl (C=O) groups excluding carboxylic acids is 1. The monoisotopic (exact) mass is 270 g/mol. The zero-order chi connectivity index (χ0) is 13.9. The molecule has 0 saturated carbocycles. The van der Waals surface area contributed by atoms with Gasteiger partial charge in [-0.2, -0.15) is 0 Å². The highest BCUT2D eigenvalue weighted by atomic mass is 16.6. The van der Waals surface area contributed by atoms with Crippen molar-refractivity contribution in [2.75, 3.05) is 26.3 Å². The Morgan fingerprint density at radius 3 is 2.74 bits per heavy atom. The maximum atomic E-state index is 12.0. The van der Waals surface area contributed by atoms with Gasteiger partial charge in [0.25, 0.3) is 0 Å². The van der Waals surface area contributed by atoms with Crippen molar-refractivity contribution in [3.63, 3.8) is 0 Å². The minimum absolute atomic E-state index is 0.193. The Kier molecular flexibility index (Phi) is 4.68. The standard InChI is InChI=1S/C14H26N2O3/c1-14(2,3)19-13(17)16-7-4-5-11(9-16)15-12-6-8-18-10-12/h11-12,15H,4-10H2,1-3H3/t11-,12?/m0/s1. The Balaban J connectivity index is 1.80.